The van der Waals surface area contributed by atoms with Gasteiger partial charge < -0.3 is 10.2 Å². The third-order valence-corrected chi connectivity index (χ3v) is 4.38. The Hall–Kier alpha value is -0.0800. The van der Waals surface area contributed by atoms with Crippen molar-refractivity contribution in [3.05, 3.63) is 0 Å². The Morgan fingerprint density at radius 1 is 1.32 bits per heavy atom. The van der Waals surface area contributed by atoms with E-state index in [1.54, 1.807) is 0 Å². The van der Waals surface area contributed by atoms with Crippen molar-refractivity contribution in [3.63, 3.8) is 0 Å². The number of nitrogens with one attached hydrogen (secondary N) is 1. The fourth-order valence-corrected chi connectivity index (χ4v) is 3.50. The Balaban J connectivity index is 2.56. The molecule has 1 fully saturated rings. The van der Waals surface area contributed by atoms with Crippen molar-refractivity contribution in [2.24, 2.45) is 10.8 Å². The average molecular weight is 268 g/mol. The van der Waals surface area contributed by atoms with Crippen LogP contribution in [0.15, 0.2) is 0 Å². The number of rotatable bonds is 7. The first-order valence-corrected chi connectivity index (χ1v) is 8.22. The molecule has 0 aromatic carbocycles. The van der Waals surface area contributed by atoms with Gasteiger partial charge in [0.15, 0.2) is 0 Å². The van der Waals surface area contributed by atoms with Gasteiger partial charge in [-0.3, -0.25) is 0 Å². The van der Waals surface area contributed by atoms with E-state index < -0.39 is 0 Å². The maximum Gasteiger partial charge on any atom is 0.00477 e. The van der Waals surface area contributed by atoms with E-state index in [4.69, 9.17) is 0 Å². The van der Waals surface area contributed by atoms with Gasteiger partial charge in [0.05, 0.1) is 0 Å². The lowest BCUT2D eigenvalue weighted by Crippen LogP contribution is -2.48. The van der Waals surface area contributed by atoms with Gasteiger partial charge in [-0.2, -0.15) is 0 Å². The highest BCUT2D eigenvalue weighted by molar-refractivity contribution is 4.86. The zero-order chi connectivity index (χ0) is 14.5. The molecule has 0 amide bonds. The Labute approximate surface area is 121 Å². The van der Waals surface area contributed by atoms with Crippen molar-refractivity contribution >= 4 is 0 Å². The number of nitrogens with zero attached hydrogens (tertiary/aromatic N) is 1. The normalized spacial score (nSPS) is 23.5. The van der Waals surface area contributed by atoms with Crippen LogP contribution in [0.4, 0.5) is 0 Å². The minimum Gasteiger partial charge on any atom is -0.314 e. The van der Waals surface area contributed by atoms with Crippen molar-refractivity contribution in [1.29, 1.82) is 0 Å². The fourth-order valence-electron chi connectivity index (χ4n) is 3.50. The lowest BCUT2D eigenvalue weighted by atomic mass is 9.80. The molecule has 1 saturated heterocycles. The lowest BCUT2D eigenvalue weighted by molar-refractivity contribution is 0.0697. The van der Waals surface area contributed by atoms with Gasteiger partial charge in [0.2, 0.25) is 0 Å². The van der Waals surface area contributed by atoms with Crippen molar-refractivity contribution in [1.82, 2.24) is 10.2 Å². The van der Waals surface area contributed by atoms with E-state index in [0.717, 1.165) is 6.54 Å². The number of likely N-dealkylation sites (tertiary alicyclic amines) is 1. The standard InChI is InChI=1S/C17H36N2/c1-7-9-17(6,12-18-15(2)3)14-19-11-8-10-16(4,5)13-19/h15,18H,7-14H2,1-6H3. The highest BCUT2D eigenvalue weighted by Crippen LogP contribution is 2.32. The maximum atomic E-state index is 3.65. The molecular weight excluding hydrogens is 232 g/mol. The van der Waals surface area contributed by atoms with E-state index in [9.17, 15) is 0 Å². The molecule has 1 unspecified atom stereocenters. The van der Waals surface area contributed by atoms with Gasteiger partial charge in [0, 0.05) is 25.7 Å². The van der Waals surface area contributed by atoms with Gasteiger partial charge in [-0.15, -0.1) is 0 Å². The summed E-state index contributed by atoms with van der Waals surface area (Å²) in [5, 5.41) is 3.65. The van der Waals surface area contributed by atoms with E-state index >= 15 is 0 Å². The predicted octanol–water partition coefficient (Wildman–Crippen LogP) is 3.91. The molecule has 1 heterocycles. The van der Waals surface area contributed by atoms with E-state index in [1.165, 1.54) is 45.3 Å². The molecule has 0 radical (unpaired) electrons. The molecule has 0 aliphatic carbocycles. The highest BCUT2D eigenvalue weighted by atomic mass is 15.1. The predicted molar refractivity (Wildman–Crippen MR) is 85.6 cm³/mol. The number of hydrogen-bond donors (Lipinski definition) is 1. The third-order valence-electron chi connectivity index (χ3n) is 4.38. The molecule has 0 spiro atoms. The van der Waals surface area contributed by atoms with Crippen LogP contribution in [0.25, 0.3) is 0 Å². The molecule has 2 nitrogen and oxygen atoms in total. The van der Waals surface area contributed by atoms with Gasteiger partial charge in [-0.25, -0.2) is 0 Å². The molecule has 1 aliphatic rings. The molecule has 0 bridgehead atoms. The topological polar surface area (TPSA) is 15.3 Å². The Morgan fingerprint density at radius 2 is 2.00 bits per heavy atom. The summed E-state index contributed by atoms with van der Waals surface area (Å²) in [6.45, 7) is 19.1. The van der Waals surface area contributed by atoms with Crippen LogP contribution in [0.1, 0.15) is 67.2 Å². The van der Waals surface area contributed by atoms with Crippen molar-refractivity contribution in [2.45, 2.75) is 73.3 Å². The summed E-state index contributed by atoms with van der Waals surface area (Å²) in [7, 11) is 0. The summed E-state index contributed by atoms with van der Waals surface area (Å²) in [4.78, 5) is 2.71. The number of piperidine rings is 1. The summed E-state index contributed by atoms with van der Waals surface area (Å²) in [6, 6.07) is 0.592. The molecule has 114 valence electrons. The van der Waals surface area contributed by atoms with Gasteiger partial charge >= 0.3 is 0 Å². The van der Waals surface area contributed by atoms with Crippen LogP contribution in [0, 0.1) is 10.8 Å². The first-order chi connectivity index (χ1) is 8.76. The molecule has 2 heteroatoms. The first-order valence-electron chi connectivity index (χ1n) is 8.22. The largest absolute Gasteiger partial charge is 0.314 e. The second-order valence-corrected chi connectivity index (χ2v) is 8.07. The molecule has 0 aromatic rings. The Morgan fingerprint density at radius 3 is 2.53 bits per heavy atom. The van der Waals surface area contributed by atoms with Crippen LogP contribution in [-0.2, 0) is 0 Å². The molecule has 0 aromatic heterocycles. The Kier molecular flexibility index (Phi) is 6.32. The molecular formula is C17H36N2. The molecule has 1 atom stereocenters. The molecule has 19 heavy (non-hydrogen) atoms. The number of hydrogen-bond acceptors (Lipinski definition) is 2. The van der Waals surface area contributed by atoms with Crippen molar-refractivity contribution in [3.8, 4) is 0 Å². The van der Waals surface area contributed by atoms with Gasteiger partial charge in [-0.05, 0) is 36.6 Å². The SMILES string of the molecule is CCCC(C)(CNC(C)C)CN1CCCC(C)(C)C1. The molecule has 1 rings (SSSR count). The lowest BCUT2D eigenvalue weighted by Gasteiger charge is -2.43. The monoisotopic (exact) mass is 268 g/mol. The van der Waals surface area contributed by atoms with Crippen molar-refractivity contribution < 1.29 is 0 Å². The van der Waals surface area contributed by atoms with Crippen LogP contribution in [0.5, 0.6) is 0 Å². The van der Waals surface area contributed by atoms with Crippen LogP contribution in [0.3, 0.4) is 0 Å². The Bertz CT molecular complexity index is 260. The van der Waals surface area contributed by atoms with Crippen LogP contribution in [0.2, 0.25) is 0 Å². The zero-order valence-electron chi connectivity index (χ0n) is 14.2. The van der Waals surface area contributed by atoms with Crippen LogP contribution < -0.4 is 5.32 Å². The first kappa shape index (κ1) is 17.0. The van der Waals surface area contributed by atoms with Gasteiger partial charge in [0.25, 0.3) is 0 Å². The van der Waals surface area contributed by atoms with Crippen LogP contribution in [-0.4, -0.2) is 37.1 Å². The average Bonchev–Trinajstić information content (AvgIpc) is 2.25. The summed E-state index contributed by atoms with van der Waals surface area (Å²) in [5.41, 5.74) is 0.934. The minimum absolute atomic E-state index is 0.423. The van der Waals surface area contributed by atoms with E-state index in [2.05, 4.69) is 51.8 Å². The van der Waals surface area contributed by atoms with Gasteiger partial charge in [-0.1, -0.05) is 48.0 Å². The third kappa shape index (κ3) is 6.27. The second kappa shape index (κ2) is 7.08. The zero-order valence-corrected chi connectivity index (χ0v) is 14.2. The molecule has 0 saturated carbocycles. The fraction of sp³-hybridized carbons (Fsp3) is 1.00. The molecule has 1 N–H and O–H groups in total. The van der Waals surface area contributed by atoms with Crippen molar-refractivity contribution in [2.75, 3.05) is 26.2 Å². The summed E-state index contributed by atoms with van der Waals surface area (Å²) >= 11 is 0. The summed E-state index contributed by atoms with van der Waals surface area (Å²) in [5.74, 6) is 0. The maximum absolute atomic E-state index is 3.65. The van der Waals surface area contributed by atoms with Crippen LogP contribution >= 0.6 is 0 Å². The summed E-state index contributed by atoms with van der Waals surface area (Å²) in [6.07, 6.45) is 5.36. The van der Waals surface area contributed by atoms with Gasteiger partial charge in [0.1, 0.15) is 0 Å². The van der Waals surface area contributed by atoms with E-state index in [1.807, 2.05) is 0 Å². The molecule has 1 aliphatic heterocycles. The second-order valence-electron chi connectivity index (χ2n) is 8.07. The summed E-state index contributed by atoms with van der Waals surface area (Å²) < 4.78 is 0. The quantitative estimate of drug-likeness (QED) is 0.753. The smallest absolute Gasteiger partial charge is 0.00477 e. The highest BCUT2D eigenvalue weighted by Gasteiger charge is 2.31. The minimum atomic E-state index is 0.423. The van der Waals surface area contributed by atoms with E-state index in [0.29, 0.717) is 16.9 Å². The van der Waals surface area contributed by atoms with E-state index in [-0.39, 0.29) is 0 Å².